The maximum absolute atomic E-state index is 11.5. The van der Waals surface area contributed by atoms with Crippen molar-refractivity contribution in [2.75, 3.05) is 37.3 Å². The lowest BCUT2D eigenvalue weighted by atomic mass is 10.2. The van der Waals surface area contributed by atoms with Crippen LogP contribution in [-0.2, 0) is 10.0 Å². The van der Waals surface area contributed by atoms with Gasteiger partial charge in [-0.05, 0) is 38.1 Å². The normalized spacial score (nSPS) is 17.5. The summed E-state index contributed by atoms with van der Waals surface area (Å²) < 4.78 is 30.1. The Bertz CT molecular complexity index is 532. The molecule has 1 saturated heterocycles. The van der Waals surface area contributed by atoms with Crippen LogP contribution in [-0.4, -0.2) is 51.3 Å². The molecule has 0 amide bonds. The van der Waals surface area contributed by atoms with E-state index in [0.29, 0.717) is 13.1 Å². The van der Waals surface area contributed by atoms with E-state index in [-0.39, 0.29) is 6.10 Å². The molecule has 20 heavy (non-hydrogen) atoms. The highest BCUT2D eigenvalue weighted by Crippen LogP contribution is 2.21. The molecule has 0 atom stereocenters. The van der Waals surface area contributed by atoms with Gasteiger partial charge in [-0.1, -0.05) is 0 Å². The minimum atomic E-state index is -3.07. The quantitative estimate of drug-likeness (QED) is 0.846. The molecule has 0 bridgehead atoms. The van der Waals surface area contributed by atoms with Crippen molar-refractivity contribution >= 4 is 15.7 Å². The Morgan fingerprint density at radius 2 is 1.60 bits per heavy atom. The highest BCUT2D eigenvalue weighted by molar-refractivity contribution is 7.88. The van der Waals surface area contributed by atoms with Crippen LogP contribution in [0, 0.1) is 0 Å². The topological polar surface area (TPSA) is 49.9 Å². The molecule has 0 spiro atoms. The van der Waals surface area contributed by atoms with Gasteiger partial charge in [-0.2, -0.15) is 4.31 Å². The lowest BCUT2D eigenvalue weighted by Gasteiger charge is -2.34. The molecular weight excluding hydrogens is 276 g/mol. The summed E-state index contributed by atoms with van der Waals surface area (Å²) in [6, 6.07) is 7.96. The van der Waals surface area contributed by atoms with E-state index < -0.39 is 10.0 Å². The van der Waals surface area contributed by atoms with Crippen molar-refractivity contribution < 1.29 is 13.2 Å². The predicted molar refractivity (Wildman–Crippen MR) is 80.8 cm³/mol. The van der Waals surface area contributed by atoms with Crippen LogP contribution in [0.3, 0.4) is 0 Å². The SMILES string of the molecule is CC(C)Oc1ccc(N2CCN(S(C)(=O)=O)CC2)cc1. The van der Waals surface area contributed by atoms with Gasteiger partial charge in [-0.3, -0.25) is 0 Å². The van der Waals surface area contributed by atoms with E-state index in [1.165, 1.54) is 10.6 Å². The molecular formula is C14H22N2O3S. The number of hydrogen-bond donors (Lipinski definition) is 0. The van der Waals surface area contributed by atoms with Crippen LogP contribution >= 0.6 is 0 Å². The highest BCUT2D eigenvalue weighted by atomic mass is 32.2. The molecule has 1 aliphatic heterocycles. The maximum Gasteiger partial charge on any atom is 0.211 e. The zero-order valence-electron chi connectivity index (χ0n) is 12.2. The number of ether oxygens (including phenoxy) is 1. The van der Waals surface area contributed by atoms with E-state index in [1.807, 2.05) is 38.1 Å². The number of sulfonamides is 1. The third-order valence-corrected chi connectivity index (χ3v) is 4.58. The summed E-state index contributed by atoms with van der Waals surface area (Å²) in [4.78, 5) is 2.20. The third kappa shape index (κ3) is 3.86. The number of benzene rings is 1. The average molecular weight is 298 g/mol. The molecule has 1 aromatic rings. The van der Waals surface area contributed by atoms with Gasteiger partial charge in [0.05, 0.1) is 12.4 Å². The van der Waals surface area contributed by atoms with E-state index in [0.717, 1.165) is 24.5 Å². The monoisotopic (exact) mass is 298 g/mol. The maximum atomic E-state index is 11.5. The molecule has 6 heteroatoms. The second kappa shape index (κ2) is 6.01. The first-order chi connectivity index (χ1) is 9.36. The van der Waals surface area contributed by atoms with E-state index in [1.54, 1.807) is 0 Å². The van der Waals surface area contributed by atoms with Crippen LogP contribution in [0.2, 0.25) is 0 Å². The Morgan fingerprint density at radius 1 is 1.05 bits per heavy atom. The average Bonchev–Trinajstić information content (AvgIpc) is 2.38. The van der Waals surface area contributed by atoms with Gasteiger partial charge in [0, 0.05) is 31.9 Å². The standard InChI is InChI=1S/C14H22N2O3S/c1-12(2)19-14-6-4-13(5-7-14)15-8-10-16(11-9-15)20(3,17)18/h4-7,12H,8-11H2,1-3H3. The molecule has 0 N–H and O–H groups in total. The van der Waals surface area contributed by atoms with Crippen LogP contribution in [0.25, 0.3) is 0 Å². The summed E-state index contributed by atoms with van der Waals surface area (Å²) in [7, 11) is -3.07. The van der Waals surface area contributed by atoms with Crippen molar-refractivity contribution in [2.45, 2.75) is 20.0 Å². The number of nitrogens with zero attached hydrogens (tertiary/aromatic N) is 2. The molecule has 0 aliphatic carbocycles. The molecule has 0 aromatic heterocycles. The van der Waals surface area contributed by atoms with Crippen LogP contribution < -0.4 is 9.64 Å². The summed E-state index contributed by atoms with van der Waals surface area (Å²) in [5, 5.41) is 0. The second-order valence-electron chi connectivity index (χ2n) is 5.31. The minimum Gasteiger partial charge on any atom is -0.491 e. The summed E-state index contributed by atoms with van der Waals surface area (Å²) in [6.07, 6.45) is 1.43. The first-order valence-corrected chi connectivity index (χ1v) is 8.68. The van der Waals surface area contributed by atoms with Gasteiger partial charge in [-0.15, -0.1) is 0 Å². The fourth-order valence-corrected chi connectivity index (χ4v) is 3.11. The van der Waals surface area contributed by atoms with Crippen molar-refractivity contribution in [1.29, 1.82) is 0 Å². The predicted octanol–water partition coefficient (Wildman–Crippen LogP) is 1.56. The lowest BCUT2D eigenvalue weighted by Crippen LogP contribution is -2.48. The molecule has 1 aliphatic rings. The largest absolute Gasteiger partial charge is 0.491 e. The van der Waals surface area contributed by atoms with Crippen LogP contribution in [0.1, 0.15) is 13.8 Å². The van der Waals surface area contributed by atoms with E-state index in [9.17, 15) is 8.42 Å². The van der Waals surface area contributed by atoms with Crippen LogP contribution in [0.15, 0.2) is 24.3 Å². The molecule has 0 unspecified atom stereocenters. The number of anilines is 1. The molecule has 2 rings (SSSR count). The number of rotatable bonds is 4. The molecule has 1 fully saturated rings. The van der Waals surface area contributed by atoms with Crippen LogP contribution in [0.5, 0.6) is 5.75 Å². The minimum absolute atomic E-state index is 0.166. The third-order valence-electron chi connectivity index (χ3n) is 3.28. The van der Waals surface area contributed by atoms with Gasteiger partial charge in [0.2, 0.25) is 10.0 Å². The van der Waals surface area contributed by atoms with Gasteiger partial charge in [0.1, 0.15) is 5.75 Å². The number of piperazine rings is 1. The van der Waals surface area contributed by atoms with Crippen LogP contribution in [0.4, 0.5) is 5.69 Å². The van der Waals surface area contributed by atoms with Crippen molar-refractivity contribution in [3.63, 3.8) is 0 Å². The first kappa shape index (κ1) is 15.1. The molecule has 1 aromatic carbocycles. The number of hydrogen-bond acceptors (Lipinski definition) is 4. The Hall–Kier alpha value is -1.27. The van der Waals surface area contributed by atoms with E-state index >= 15 is 0 Å². The Kier molecular flexibility index (Phi) is 4.55. The first-order valence-electron chi connectivity index (χ1n) is 6.83. The van der Waals surface area contributed by atoms with Gasteiger partial charge in [0.25, 0.3) is 0 Å². The fourth-order valence-electron chi connectivity index (χ4n) is 2.29. The fraction of sp³-hybridized carbons (Fsp3) is 0.571. The molecule has 5 nitrogen and oxygen atoms in total. The van der Waals surface area contributed by atoms with Gasteiger partial charge in [0.15, 0.2) is 0 Å². The van der Waals surface area contributed by atoms with E-state index in [4.69, 9.17) is 4.74 Å². The van der Waals surface area contributed by atoms with Gasteiger partial charge in [-0.25, -0.2) is 8.42 Å². The smallest absolute Gasteiger partial charge is 0.211 e. The molecule has 0 saturated carbocycles. The van der Waals surface area contributed by atoms with Gasteiger partial charge >= 0.3 is 0 Å². The van der Waals surface area contributed by atoms with Crippen molar-refractivity contribution in [1.82, 2.24) is 4.31 Å². The van der Waals surface area contributed by atoms with Crippen molar-refractivity contribution in [3.8, 4) is 5.75 Å². The zero-order valence-corrected chi connectivity index (χ0v) is 13.1. The summed E-state index contributed by atoms with van der Waals surface area (Å²) in [5.74, 6) is 0.860. The lowest BCUT2D eigenvalue weighted by molar-refractivity contribution is 0.242. The summed E-state index contributed by atoms with van der Waals surface area (Å²) in [6.45, 7) is 6.53. The van der Waals surface area contributed by atoms with Crippen molar-refractivity contribution in [3.05, 3.63) is 24.3 Å². The summed E-state index contributed by atoms with van der Waals surface area (Å²) >= 11 is 0. The Balaban J connectivity index is 1.97. The molecule has 112 valence electrons. The highest BCUT2D eigenvalue weighted by Gasteiger charge is 2.23. The van der Waals surface area contributed by atoms with E-state index in [2.05, 4.69) is 4.90 Å². The second-order valence-corrected chi connectivity index (χ2v) is 7.29. The summed E-state index contributed by atoms with van der Waals surface area (Å²) in [5.41, 5.74) is 1.11. The van der Waals surface area contributed by atoms with Crippen molar-refractivity contribution in [2.24, 2.45) is 0 Å². The van der Waals surface area contributed by atoms with Gasteiger partial charge < -0.3 is 9.64 Å². The molecule has 0 radical (unpaired) electrons. The Labute approximate surface area is 121 Å². The zero-order chi connectivity index (χ0) is 14.8. The molecule has 1 heterocycles. The Morgan fingerprint density at radius 3 is 2.05 bits per heavy atom.